The maximum atomic E-state index is 13.6. The molecule has 0 aromatic heterocycles. The predicted molar refractivity (Wildman–Crippen MR) is 84.4 cm³/mol. The molecule has 1 aromatic carbocycles. The third-order valence-electron chi connectivity index (χ3n) is 3.80. The number of benzene rings is 1. The zero-order valence-corrected chi connectivity index (χ0v) is 12.8. The Morgan fingerprint density at radius 3 is 2.55 bits per heavy atom. The molecule has 1 N–H and O–H groups in total. The number of nitrogens with zero attached hydrogens (tertiary/aromatic N) is 1. The van der Waals surface area contributed by atoms with Gasteiger partial charge in [0.05, 0.1) is 10.9 Å². The molecule has 0 bridgehead atoms. The third kappa shape index (κ3) is 3.38. The molecule has 1 amide bonds. The van der Waals surface area contributed by atoms with Crippen molar-refractivity contribution in [3.8, 4) is 0 Å². The van der Waals surface area contributed by atoms with E-state index in [-0.39, 0.29) is 22.4 Å². The van der Waals surface area contributed by atoms with Gasteiger partial charge in [0.25, 0.3) is 5.91 Å². The summed E-state index contributed by atoms with van der Waals surface area (Å²) in [6, 6.07) is 3.87. The summed E-state index contributed by atoms with van der Waals surface area (Å²) in [6.45, 7) is 0. The molecule has 116 valence electrons. The van der Waals surface area contributed by atoms with Crippen LogP contribution in [0.4, 0.5) is 8.78 Å². The van der Waals surface area contributed by atoms with Crippen LogP contribution < -0.4 is 5.32 Å². The van der Waals surface area contributed by atoms with Crippen LogP contribution in [0.25, 0.3) is 6.08 Å². The fraction of sp³-hybridized carbons (Fsp3) is 0.375. The van der Waals surface area contributed by atoms with Crippen LogP contribution in [-0.4, -0.2) is 17.1 Å². The number of carbonyl (C=O) groups is 1. The van der Waals surface area contributed by atoms with Crippen LogP contribution in [0.1, 0.15) is 37.7 Å². The van der Waals surface area contributed by atoms with Gasteiger partial charge in [-0.05, 0) is 42.8 Å². The molecule has 1 saturated carbocycles. The minimum Gasteiger partial charge on any atom is -0.301 e. The van der Waals surface area contributed by atoms with E-state index in [2.05, 4.69) is 10.3 Å². The van der Waals surface area contributed by atoms with Crippen molar-refractivity contribution in [1.82, 2.24) is 5.32 Å². The number of amidine groups is 1. The summed E-state index contributed by atoms with van der Waals surface area (Å²) in [5.74, 6) is -1.72. The fourth-order valence-corrected chi connectivity index (χ4v) is 3.52. The van der Waals surface area contributed by atoms with Crippen molar-refractivity contribution in [2.24, 2.45) is 4.99 Å². The van der Waals surface area contributed by atoms with Crippen LogP contribution in [0.15, 0.2) is 28.1 Å². The highest BCUT2D eigenvalue weighted by Crippen LogP contribution is 2.29. The van der Waals surface area contributed by atoms with E-state index < -0.39 is 11.6 Å². The number of amides is 1. The van der Waals surface area contributed by atoms with Gasteiger partial charge in [0.1, 0.15) is 11.6 Å². The van der Waals surface area contributed by atoms with E-state index >= 15 is 0 Å². The van der Waals surface area contributed by atoms with Gasteiger partial charge in [0, 0.05) is 5.56 Å². The third-order valence-corrected chi connectivity index (χ3v) is 4.72. The summed E-state index contributed by atoms with van der Waals surface area (Å²) in [5, 5.41) is 3.20. The Balaban J connectivity index is 1.80. The van der Waals surface area contributed by atoms with E-state index in [1.165, 1.54) is 30.7 Å². The largest absolute Gasteiger partial charge is 0.301 e. The van der Waals surface area contributed by atoms with Gasteiger partial charge in [-0.1, -0.05) is 25.3 Å². The minimum absolute atomic E-state index is 0.195. The van der Waals surface area contributed by atoms with Crippen LogP contribution in [-0.2, 0) is 4.79 Å². The van der Waals surface area contributed by atoms with Crippen LogP contribution >= 0.6 is 11.8 Å². The highest BCUT2D eigenvalue weighted by Gasteiger charge is 2.26. The number of carbonyl (C=O) groups excluding carboxylic acids is 1. The van der Waals surface area contributed by atoms with Crippen LogP contribution in [0.5, 0.6) is 0 Å². The molecule has 1 aliphatic carbocycles. The molecule has 3 rings (SSSR count). The Bertz CT molecular complexity index is 631. The van der Waals surface area contributed by atoms with Crippen molar-refractivity contribution in [1.29, 1.82) is 0 Å². The number of hydrogen-bond acceptors (Lipinski definition) is 3. The van der Waals surface area contributed by atoms with Crippen molar-refractivity contribution >= 4 is 28.9 Å². The van der Waals surface area contributed by atoms with Crippen molar-refractivity contribution < 1.29 is 13.6 Å². The minimum atomic E-state index is -0.682. The predicted octanol–water partition coefficient (Wildman–Crippen LogP) is 3.86. The lowest BCUT2D eigenvalue weighted by Gasteiger charge is -2.17. The maximum absolute atomic E-state index is 13.6. The summed E-state index contributed by atoms with van der Waals surface area (Å²) in [6.07, 6.45) is 6.85. The lowest BCUT2D eigenvalue weighted by molar-refractivity contribution is -0.115. The molecule has 1 saturated heterocycles. The molecule has 22 heavy (non-hydrogen) atoms. The molecule has 2 fully saturated rings. The van der Waals surface area contributed by atoms with E-state index in [4.69, 9.17) is 0 Å². The summed E-state index contributed by atoms with van der Waals surface area (Å²) < 4.78 is 27.3. The smallest absolute Gasteiger partial charge is 0.264 e. The maximum Gasteiger partial charge on any atom is 0.264 e. The van der Waals surface area contributed by atoms with Gasteiger partial charge in [0.2, 0.25) is 0 Å². The van der Waals surface area contributed by atoms with E-state index in [1.54, 1.807) is 0 Å². The lowest BCUT2D eigenvalue weighted by atomic mass is 9.96. The fourth-order valence-electron chi connectivity index (χ4n) is 2.64. The Morgan fingerprint density at radius 1 is 1.18 bits per heavy atom. The first-order chi connectivity index (χ1) is 10.6. The molecule has 0 unspecified atom stereocenters. The summed E-state index contributed by atoms with van der Waals surface area (Å²) >= 11 is 1.14. The van der Waals surface area contributed by atoms with E-state index in [0.717, 1.165) is 37.4 Å². The first kappa shape index (κ1) is 15.2. The molecule has 0 spiro atoms. The Morgan fingerprint density at radius 2 is 1.86 bits per heavy atom. The molecule has 3 nitrogen and oxygen atoms in total. The van der Waals surface area contributed by atoms with Crippen molar-refractivity contribution in [2.75, 3.05) is 0 Å². The monoisotopic (exact) mass is 322 g/mol. The van der Waals surface area contributed by atoms with Gasteiger partial charge >= 0.3 is 0 Å². The highest BCUT2D eigenvalue weighted by atomic mass is 32.2. The molecule has 6 heteroatoms. The van der Waals surface area contributed by atoms with E-state index in [0.29, 0.717) is 5.17 Å². The van der Waals surface area contributed by atoms with Crippen LogP contribution in [0.3, 0.4) is 0 Å². The van der Waals surface area contributed by atoms with E-state index in [9.17, 15) is 13.6 Å². The Kier molecular flexibility index (Phi) is 4.57. The van der Waals surface area contributed by atoms with Gasteiger partial charge in [-0.2, -0.15) is 0 Å². The molecule has 1 aromatic rings. The molecule has 1 heterocycles. The van der Waals surface area contributed by atoms with Gasteiger partial charge in [0.15, 0.2) is 5.17 Å². The van der Waals surface area contributed by atoms with Crippen LogP contribution in [0, 0.1) is 11.6 Å². The number of rotatable bonds is 2. The number of thioether (sulfide) groups is 1. The van der Waals surface area contributed by atoms with Gasteiger partial charge in [-0.25, -0.2) is 8.78 Å². The topological polar surface area (TPSA) is 41.5 Å². The van der Waals surface area contributed by atoms with Crippen molar-refractivity contribution in [2.45, 2.75) is 38.1 Å². The Hall–Kier alpha value is -1.69. The summed E-state index contributed by atoms with van der Waals surface area (Å²) in [4.78, 5) is 16.7. The molecule has 1 aliphatic heterocycles. The molecule has 0 atom stereocenters. The lowest BCUT2D eigenvalue weighted by Crippen LogP contribution is -2.22. The first-order valence-corrected chi connectivity index (χ1v) is 8.18. The number of aliphatic imine (C=N–C) groups is 1. The first-order valence-electron chi connectivity index (χ1n) is 7.36. The summed E-state index contributed by atoms with van der Waals surface area (Å²) in [7, 11) is 0. The van der Waals surface area contributed by atoms with Gasteiger partial charge in [-0.3, -0.25) is 9.79 Å². The van der Waals surface area contributed by atoms with Crippen LogP contribution in [0.2, 0.25) is 0 Å². The summed E-state index contributed by atoms with van der Waals surface area (Å²) in [5.41, 5.74) is -0.195. The average Bonchev–Trinajstić information content (AvgIpc) is 2.84. The standard InChI is InChI=1S/C16H16F2N2OS/c17-12-7-4-8-13(18)11(12)9-14-15(21)20-16(22-14)19-10-5-2-1-3-6-10/h4,7-10H,1-3,5-6H2,(H,19,20,21). The highest BCUT2D eigenvalue weighted by molar-refractivity contribution is 8.18. The quantitative estimate of drug-likeness (QED) is 0.840. The number of nitrogens with one attached hydrogen (secondary N) is 1. The van der Waals surface area contributed by atoms with Crippen molar-refractivity contribution in [3.05, 3.63) is 40.3 Å². The van der Waals surface area contributed by atoms with E-state index in [1.807, 2.05) is 0 Å². The Labute approximate surface area is 131 Å². The average molecular weight is 322 g/mol. The number of hydrogen-bond donors (Lipinski definition) is 1. The second kappa shape index (κ2) is 6.60. The van der Waals surface area contributed by atoms with Gasteiger partial charge < -0.3 is 5.32 Å². The number of halogens is 2. The molecule has 2 aliphatic rings. The van der Waals surface area contributed by atoms with Gasteiger partial charge in [-0.15, -0.1) is 0 Å². The molecule has 0 radical (unpaired) electrons. The second-order valence-electron chi connectivity index (χ2n) is 5.43. The zero-order valence-electron chi connectivity index (χ0n) is 11.9. The van der Waals surface area contributed by atoms with Crippen molar-refractivity contribution in [3.63, 3.8) is 0 Å². The molecular formula is C16H16F2N2OS. The second-order valence-corrected chi connectivity index (χ2v) is 6.46. The SMILES string of the molecule is O=C1NC(=NC2CCCCC2)SC1=Cc1c(F)cccc1F. The normalized spacial score (nSPS) is 23.3. The zero-order chi connectivity index (χ0) is 15.5. The molecular weight excluding hydrogens is 306 g/mol.